The van der Waals surface area contributed by atoms with Crippen LogP contribution < -0.4 is 0 Å². The molecule has 3 heteroatoms. The minimum Gasteiger partial charge on any atom is -0.386 e. The van der Waals surface area contributed by atoms with Crippen LogP contribution in [0.3, 0.4) is 0 Å². The second-order valence-electron chi connectivity index (χ2n) is 5.52. The molecule has 1 aliphatic heterocycles. The Morgan fingerprint density at radius 3 is 2.33 bits per heavy atom. The van der Waals surface area contributed by atoms with Crippen molar-refractivity contribution in [2.75, 3.05) is 0 Å². The number of hydrogen-bond donors (Lipinski definition) is 1. The van der Waals surface area contributed by atoms with Crippen molar-refractivity contribution < 1.29 is 14.6 Å². The monoisotopic (exact) mass is 250 g/mol. The number of ether oxygens (including phenoxy) is 2. The average molecular weight is 250 g/mol. The van der Waals surface area contributed by atoms with E-state index in [2.05, 4.69) is 6.92 Å². The van der Waals surface area contributed by atoms with E-state index in [0.29, 0.717) is 0 Å². The summed E-state index contributed by atoms with van der Waals surface area (Å²) < 4.78 is 11.7. The molecule has 100 valence electrons. The molecule has 1 aliphatic rings. The van der Waals surface area contributed by atoms with Gasteiger partial charge in [0, 0.05) is 5.92 Å². The third-order valence-electron chi connectivity index (χ3n) is 3.60. The predicted molar refractivity (Wildman–Crippen MR) is 70.1 cm³/mol. The molecule has 0 aliphatic carbocycles. The van der Waals surface area contributed by atoms with Gasteiger partial charge in [-0.25, -0.2) is 0 Å². The number of hydrogen-bond acceptors (Lipinski definition) is 3. The van der Waals surface area contributed by atoms with Crippen LogP contribution in [0.5, 0.6) is 0 Å². The summed E-state index contributed by atoms with van der Waals surface area (Å²) in [5, 5.41) is 10.5. The van der Waals surface area contributed by atoms with E-state index in [1.807, 2.05) is 51.1 Å². The van der Waals surface area contributed by atoms with Gasteiger partial charge in [-0.15, -0.1) is 0 Å². The van der Waals surface area contributed by atoms with Crippen molar-refractivity contribution in [2.45, 2.75) is 51.8 Å². The van der Waals surface area contributed by atoms with Crippen LogP contribution in [0.2, 0.25) is 0 Å². The molecule has 0 spiro atoms. The Kier molecular flexibility index (Phi) is 3.76. The van der Waals surface area contributed by atoms with E-state index in [-0.39, 0.29) is 18.1 Å². The van der Waals surface area contributed by atoms with Gasteiger partial charge in [0.05, 0.1) is 12.2 Å². The van der Waals surface area contributed by atoms with Gasteiger partial charge in [-0.1, -0.05) is 37.3 Å². The Morgan fingerprint density at radius 1 is 1.11 bits per heavy atom. The fourth-order valence-electron chi connectivity index (χ4n) is 2.48. The molecule has 0 bridgehead atoms. The Hall–Kier alpha value is -0.900. The molecule has 1 fully saturated rings. The largest absolute Gasteiger partial charge is 0.386 e. The third-order valence-corrected chi connectivity index (χ3v) is 3.60. The highest BCUT2D eigenvalue weighted by atomic mass is 16.7. The van der Waals surface area contributed by atoms with Crippen LogP contribution in [0.1, 0.15) is 39.4 Å². The van der Waals surface area contributed by atoms with Crippen LogP contribution in [-0.2, 0) is 9.47 Å². The fraction of sp³-hybridized carbons (Fsp3) is 0.600. The number of aliphatic hydroxyl groups is 1. The summed E-state index contributed by atoms with van der Waals surface area (Å²) in [6, 6.07) is 9.65. The first kappa shape index (κ1) is 13.5. The van der Waals surface area contributed by atoms with Crippen molar-refractivity contribution in [2.24, 2.45) is 5.92 Å². The van der Waals surface area contributed by atoms with Gasteiger partial charge in [0.2, 0.25) is 0 Å². The van der Waals surface area contributed by atoms with Gasteiger partial charge in [-0.05, 0) is 26.3 Å². The van der Waals surface area contributed by atoms with E-state index in [4.69, 9.17) is 9.47 Å². The van der Waals surface area contributed by atoms with E-state index in [1.54, 1.807) is 0 Å². The molecule has 1 saturated heterocycles. The molecule has 1 heterocycles. The Bertz CT molecular complexity index is 388. The molecule has 0 saturated carbocycles. The normalized spacial score (nSPS) is 33.1. The first-order valence-electron chi connectivity index (χ1n) is 6.49. The highest BCUT2D eigenvalue weighted by Gasteiger charge is 2.42. The lowest BCUT2D eigenvalue weighted by Gasteiger charge is -2.45. The zero-order chi connectivity index (χ0) is 13.3. The smallest absolute Gasteiger partial charge is 0.163 e. The van der Waals surface area contributed by atoms with Crippen molar-refractivity contribution in [3.8, 4) is 0 Å². The maximum atomic E-state index is 10.5. The summed E-state index contributed by atoms with van der Waals surface area (Å²) in [6.45, 7) is 7.86. The Labute approximate surface area is 109 Å². The molecular weight excluding hydrogens is 228 g/mol. The fourth-order valence-corrected chi connectivity index (χ4v) is 2.48. The Morgan fingerprint density at radius 2 is 1.72 bits per heavy atom. The predicted octanol–water partition coefficient (Wildman–Crippen LogP) is 2.90. The average Bonchev–Trinajstić information content (AvgIpc) is 2.33. The SMILES string of the molecule is C[C@H]1[C@H]([C@H](O)c2ccccc2)OC(C)(C)O[C@H]1C. The van der Waals surface area contributed by atoms with E-state index in [0.717, 1.165) is 5.56 Å². The quantitative estimate of drug-likeness (QED) is 0.877. The topological polar surface area (TPSA) is 38.7 Å². The molecule has 0 radical (unpaired) electrons. The first-order chi connectivity index (χ1) is 8.41. The number of rotatable bonds is 2. The standard InChI is InChI=1S/C15H22O3/c1-10-11(2)17-15(3,4)18-14(10)13(16)12-8-6-5-7-9-12/h5-11,13-14,16H,1-4H3/t10-,11+,13-,14-/m1/s1. The van der Waals surface area contributed by atoms with E-state index in [1.165, 1.54) is 0 Å². The molecule has 0 aromatic heterocycles. The van der Waals surface area contributed by atoms with Crippen molar-refractivity contribution in [3.05, 3.63) is 35.9 Å². The van der Waals surface area contributed by atoms with Gasteiger partial charge in [-0.2, -0.15) is 0 Å². The Balaban J connectivity index is 2.20. The summed E-state index contributed by atoms with van der Waals surface area (Å²) in [7, 11) is 0. The van der Waals surface area contributed by atoms with Gasteiger partial charge in [0.1, 0.15) is 6.10 Å². The van der Waals surface area contributed by atoms with E-state index >= 15 is 0 Å². The highest BCUT2D eigenvalue weighted by molar-refractivity contribution is 5.19. The van der Waals surface area contributed by atoms with Crippen molar-refractivity contribution in [1.82, 2.24) is 0 Å². The summed E-state index contributed by atoms with van der Waals surface area (Å²) in [4.78, 5) is 0. The first-order valence-corrected chi connectivity index (χ1v) is 6.49. The summed E-state index contributed by atoms with van der Waals surface area (Å²) in [5.41, 5.74) is 0.888. The van der Waals surface area contributed by atoms with Crippen molar-refractivity contribution in [3.63, 3.8) is 0 Å². The van der Waals surface area contributed by atoms with Gasteiger partial charge in [-0.3, -0.25) is 0 Å². The maximum absolute atomic E-state index is 10.5. The van der Waals surface area contributed by atoms with Gasteiger partial charge in [0.15, 0.2) is 5.79 Å². The zero-order valence-corrected chi connectivity index (χ0v) is 11.5. The van der Waals surface area contributed by atoms with Gasteiger partial charge in [0.25, 0.3) is 0 Å². The number of aliphatic hydroxyl groups excluding tert-OH is 1. The second kappa shape index (κ2) is 5.00. The molecule has 1 N–H and O–H groups in total. The molecule has 4 atom stereocenters. The minimum absolute atomic E-state index is 0.0668. The van der Waals surface area contributed by atoms with Crippen LogP contribution in [0.25, 0.3) is 0 Å². The maximum Gasteiger partial charge on any atom is 0.163 e. The van der Waals surface area contributed by atoms with Crippen LogP contribution >= 0.6 is 0 Å². The summed E-state index contributed by atoms with van der Waals surface area (Å²) >= 11 is 0. The lowest BCUT2D eigenvalue weighted by atomic mass is 9.89. The molecule has 0 unspecified atom stereocenters. The number of benzene rings is 1. The second-order valence-corrected chi connectivity index (χ2v) is 5.52. The highest BCUT2D eigenvalue weighted by Crippen LogP contribution is 2.36. The third kappa shape index (κ3) is 2.74. The van der Waals surface area contributed by atoms with Crippen LogP contribution in [0.15, 0.2) is 30.3 Å². The molecule has 3 nitrogen and oxygen atoms in total. The van der Waals surface area contributed by atoms with Crippen molar-refractivity contribution >= 4 is 0 Å². The molecular formula is C15H22O3. The molecule has 2 rings (SSSR count). The molecule has 1 aromatic rings. The summed E-state index contributed by atoms with van der Waals surface area (Å²) in [5.74, 6) is -0.500. The van der Waals surface area contributed by atoms with Crippen LogP contribution in [0, 0.1) is 5.92 Å². The van der Waals surface area contributed by atoms with Gasteiger partial charge >= 0.3 is 0 Å². The van der Waals surface area contributed by atoms with Crippen LogP contribution in [-0.4, -0.2) is 23.1 Å². The zero-order valence-electron chi connectivity index (χ0n) is 11.5. The summed E-state index contributed by atoms with van der Waals surface area (Å²) in [6.07, 6.45) is -0.796. The van der Waals surface area contributed by atoms with Crippen molar-refractivity contribution in [1.29, 1.82) is 0 Å². The van der Waals surface area contributed by atoms with E-state index < -0.39 is 11.9 Å². The van der Waals surface area contributed by atoms with Crippen LogP contribution in [0.4, 0.5) is 0 Å². The van der Waals surface area contributed by atoms with E-state index in [9.17, 15) is 5.11 Å². The molecule has 18 heavy (non-hydrogen) atoms. The minimum atomic E-state index is -0.646. The molecule has 0 amide bonds. The lowest BCUT2D eigenvalue weighted by Crippen LogP contribution is -2.51. The molecule has 1 aromatic carbocycles. The van der Waals surface area contributed by atoms with Gasteiger partial charge < -0.3 is 14.6 Å². The lowest BCUT2D eigenvalue weighted by molar-refractivity contribution is -0.329.